The Morgan fingerprint density at radius 3 is 2.44 bits per heavy atom. The Kier molecular flexibility index (Phi) is 6.20. The average Bonchev–Trinajstić information content (AvgIpc) is 2.37. The summed E-state index contributed by atoms with van der Waals surface area (Å²) in [7, 11) is 1.73. The first-order valence-corrected chi connectivity index (χ1v) is 6.83. The smallest absolute Gasteiger partial charge is 0.122 e. The second-order valence-electron chi connectivity index (χ2n) is 5.26. The highest BCUT2D eigenvalue weighted by molar-refractivity contribution is 5.39. The highest BCUT2D eigenvalue weighted by atomic mass is 16.5. The Hall–Kier alpha value is -1.02. The fourth-order valence-electron chi connectivity index (χ4n) is 1.82. The van der Waals surface area contributed by atoms with E-state index < -0.39 is 0 Å². The molecule has 18 heavy (non-hydrogen) atoms. The van der Waals surface area contributed by atoms with Crippen LogP contribution >= 0.6 is 0 Å². The maximum Gasteiger partial charge on any atom is 0.122 e. The topological polar surface area (TPSA) is 18.5 Å². The van der Waals surface area contributed by atoms with Gasteiger partial charge in [0.25, 0.3) is 0 Å². The van der Waals surface area contributed by atoms with Gasteiger partial charge in [0.05, 0.1) is 13.7 Å². The van der Waals surface area contributed by atoms with Crippen molar-refractivity contribution in [3.63, 3.8) is 0 Å². The zero-order valence-electron chi connectivity index (χ0n) is 12.3. The third-order valence-electron chi connectivity index (χ3n) is 3.29. The van der Waals surface area contributed by atoms with Gasteiger partial charge in [-0.2, -0.15) is 0 Å². The van der Waals surface area contributed by atoms with E-state index in [-0.39, 0.29) is 0 Å². The lowest BCUT2D eigenvalue weighted by Gasteiger charge is -2.14. The van der Waals surface area contributed by atoms with Gasteiger partial charge in [0, 0.05) is 6.61 Å². The lowest BCUT2D eigenvalue weighted by atomic mass is 10.0. The van der Waals surface area contributed by atoms with Gasteiger partial charge in [-0.05, 0) is 29.0 Å². The average molecular weight is 250 g/mol. The van der Waals surface area contributed by atoms with Crippen molar-refractivity contribution < 1.29 is 9.47 Å². The molecule has 2 heteroatoms. The standard InChI is InChI=1S/C16H26O2/c1-6-13(4)10-18-11-14-7-8-15(12(2)3)16(9-14)17-5/h7-9,12-13H,6,10-11H2,1-5H3. The van der Waals surface area contributed by atoms with Crippen LogP contribution in [0.15, 0.2) is 18.2 Å². The normalized spacial score (nSPS) is 12.8. The van der Waals surface area contributed by atoms with Crippen LogP contribution in [0.5, 0.6) is 5.75 Å². The lowest BCUT2D eigenvalue weighted by Crippen LogP contribution is -2.05. The summed E-state index contributed by atoms with van der Waals surface area (Å²) in [5.41, 5.74) is 2.43. The van der Waals surface area contributed by atoms with Crippen LogP contribution in [0.3, 0.4) is 0 Å². The van der Waals surface area contributed by atoms with E-state index in [1.165, 1.54) is 11.1 Å². The third-order valence-corrected chi connectivity index (χ3v) is 3.29. The molecule has 1 rings (SSSR count). The molecule has 1 atom stereocenters. The summed E-state index contributed by atoms with van der Waals surface area (Å²) >= 11 is 0. The third kappa shape index (κ3) is 4.34. The van der Waals surface area contributed by atoms with Crippen LogP contribution in [-0.2, 0) is 11.3 Å². The monoisotopic (exact) mass is 250 g/mol. The zero-order chi connectivity index (χ0) is 13.5. The van der Waals surface area contributed by atoms with E-state index >= 15 is 0 Å². The molecule has 1 unspecified atom stereocenters. The summed E-state index contributed by atoms with van der Waals surface area (Å²) in [4.78, 5) is 0. The first kappa shape index (κ1) is 15.0. The summed E-state index contributed by atoms with van der Waals surface area (Å²) in [6.45, 7) is 10.2. The Balaban J connectivity index is 2.62. The molecule has 0 saturated carbocycles. The molecule has 0 radical (unpaired) electrons. The minimum Gasteiger partial charge on any atom is -0.496 e. The molecule has 0 N–H and O–H groups in total. The highest BCUT2D eigenvalue weighted by Gasteiger charge is 2.08. The van der Waals surface area contributed by atoms with Crippen molar-refractivity contribution in [1.82, 2.24) is 0 Å². The van der Waals surface area contributed by atoms with E-state index in [9.17, 15) is 0 Å². The zero-order valence-corrected chi connectivity index (χ0v) is 12.3. The Morgan fingerprint density at radius 1 is 1.17 bits per heavy atom. The summed E-state index contributed by atoms with van der Waals surface area (Å²) < 4.78 is 11.2. The summed E-state index contributed by atoms with van der Waals surface area (Å²) in [6, 6.07) is 6.37. The van der Waals surface area contributed by atoms with Gasteiger partial charge in [-0.1, -0.05) is 46.2 Å². The molecule has 0 aliphatic rings. The van der Waals surface area contributed by atoms with E-state index in [1.54, 1.807) is 7.11 Å². The van der Waals surface area contributed by atoms with Crippen LogP contribution in [0.4, 0.5) is 0 Å². The van der Waals surface area contributed by atoms with E-state index in [0.29, 0.717) is 18.4 Å². The Bertz CT molecular complexity index is 358. The molecule has 0 amide bonds. The Labute approximate surface area is 111 Å². The molecular weight excluding hydrogens is 224 g/mol. The van der Waals surface area contributed by atoms with E-state index in [4.69, 9.17) is 9.47 Å². The van der Waals surface area contributed by atoms with Gasteiger partial charge >= 0.3 is 0 Å². The molecule has 0 bridgehead atoms. The van der Waals surface area contributed by atoms with Crippen molar-refractivity contribution >= 4 is 0 Å². The van der Waals surface area contributed by atoms with Crippen LogP contribution in [0.2, 0.25) is 0 Å². The van der Waals surface area contributed by atoms with Gasteiger partial charge in [-0.15, -0.1) is 0 Å². The molecule has 0 spiro atoms. The molecule has 0 aliphatic carbocycles. The molecule has 102 valence electrons. The minimum atomic E-state index is 0.482. The number of methoxy groups -OCH3 is 1. The van der Waals surface area contributed by atoms with Crippen LogP contribution in [-0.4, -0.2) is 13.7 Å². The molecule has 0 heterocycles. The number of hydrogen-bond acceptors (Lipinski definition) is 2. The fourth-order valence-corrected chi connectivity index (χ4v) is 1.82. The number of benzene rings is 1. The quantitative estimate of drug-likeness (QED) is 0.715. The van der Waals surface area contributed by atoms with Crippen molar-refractivity contribution in [2.45, 2.75) is 46.6 Å². The number of ether oxygens (including phenoxy) is 2. The van der Waals surface area contributed by atoms with Crippen LogP contribution < -0.4 is 4.74 Å². The molecule has 0 aromatic heterocycles. The first-order valence-electron chi connectivity index (χ1n) is 6.83. The molecule has 0 aliphatic heterocycles. The van der Waals surface area contributed by atoms with E-state index in [2.05, 4.69) is 45.9 Å². The summed E-state index contributed by atoms with van der Waals surface area (Å²) in [5, 5.41) is 0. The summed E-state index contributed by atoms with van der Waals surface area (Å²) in [6.07, 6.45) is 1.16. The first-order chi connectivity index (χ1) is 8.58. The van der Waals surface area contributed by atoms with Gasteiger partial charge in [-0.3, -0.25) is 0 Å². The molecule has 0 saturated heterocycles. The highest BCUT2D eigenvalue weighted by Crippen LogP contribution is 2.27. The number of rotatable bonds is 7. The second kappa shape index (κ2) is 7.42. The Morgan fingerprint density at radius 2 is 1.89 bits per heavy atom. The van der Waals surface area contributed by atoms with Gasteiger partial charge in [0.1, 0.15) is 5.75 Å². The lowest BCUT2D eigenvalue weighted by molar-refractivity contribution is 0.0909. The number of hydrogen-bond donors (Lipinski definition) is 0. The predicted octanol–water partition coefficient (Wildman–Crippen LogP) is 4.38. The van der Waals surface area contributed by atoms with Gasteiger partial charge in [0.15, 0.2) is 0 Å². The van der Waals surface area contributed by atoms with Crippen molar-refractivity contribution in [2.75, 3.05) is 13.7 Å². The van der Waals surface area contributed by atoms with Gasteiger partial charge in [0.2, 0.25) is 0 Å². The molecule has 2 nitrogen and oxygen atoms in total. The maximum absolute atomic E-state index is 5.72. The molecule has 1 aromatic rings. The van der Waals surface area contributed by atoms with Crippen molar-refractivity contribution in [3.05, 3.63) is 29.3 Å². The molecular formula is C16H26O2. The van der Waals surface area contributed by atoms with Crippen LogP contribution in [0.1, 0.15) is 51.2 Å². The molecule has 1 aromatic carbocycles. The van der Waals surface area contributed by atoms with E-state index in [0.717, 1.165) is 18.8 Å². The second-order valence-corrected chi connectivity index (χ2v) is 5.26. The van der Waals surface area contributed by atoms with E-state index in [1.807, 2.05) is 0 Å². The van der Waals surface area contributed by atoms with Gasteiger partial charge in [-0.25, -0.2) is 0 Å². The SMILES string of the molecule is CCC(C)COCc1ccc(C(C)C)c(OC)c1. The largest absolute Gasteiger partial charge is 0.496 e. The maximum atomic E-state index is 5.72. The van der Waals surface area contributed by atoms with Crippen molar-refractivity contribution in [2.24, 2.45) is 5.92 Å². The summed E-state index contributed by atoms with van der Waals surface area (Å²) in [5.74, 6) is 2.08. The van der Waals surface area contributed by atoms with Crippen LogP contribution in [0, 0.1) is 5.92 Å². The van der Waals surface area contributed by atoms with Crippen LogP contribution in [0.25, 0.3) is 0 Å². The minimum absolute atomic E-state index is 0.482. The van der Waals surface area contributed by atoms with Crippen molar-refractivity contribution in [3.8, 4) is 5.75 Å². The fraction of sp³-hybridized carbons (Fsp3) is 0.625. The predicted molar refractivity (Wildman–Crippen MR) is 76.2 cm³/mol. The molecule has 0 fully saturated rings. The van der Waals surface area contributed by atoms with Gasteiger partial charge < -0.3 is 9.47 Å². The van der Waals surface area contributed by atoms with Crippen molar-refractivity contribution in [1.29, 1.82) is 0 Å².